The fourth-order valence-electron chi connectivity index (χ4n) is 8.35. The fraction of sp³-hybridized carbons (Fsp3) is 1.00. The van der Waals surface area contributed by atoms with E-state index in [-0.39, 0.29) is 105 Å². The van der Waals surface area contributed by atoms with Crippen LogP contribution in [0.25, 0.3) is 0 Å². The van der Waals surface area contributed by atoms with Crippen molar-refractivity contribution < 1.29 is 81.7 Å². The molecular weight excluding hydrogens is 978 g/mol. The van der Waals surface area contributed by atoms with Crippen molar-refractivity contribution in [2.45, 2.75) is 195 Å². The van der Waals surface area contributed by atoms with Crippen molar-refractivity contribution in [3.8, 4) is 0 Å². The highest BCUT2D eigenvalue weighted by molar-refractivity contribution is 7.60. The second-order valence-corrected chi connectivity index (χ2v) is 29.1. The molecule has 0 bridgehead atoms. The number of rotatable bonds is 45. The summed E-state index contributed by atoms with van der Waals surface area (Å²) in [6.45, 7) is 25.1. The maximum atomic E-state index is 15.3. The topological polar surface area (TPSA) is 213 Å². The predicted molar refractivity (Wildman–Crippen MR) is 265 cm³/mol. The molecule has 0 aliphatic heterocycles. The molecule has 24 heteroatoms. The molecule has 0 rings (SSSR count). The molecule has 0 N–H and O–H groups in total. The zero-order chi connectivity index (χ0) is 50.5. The zero-order valence-electron chi connectivity index (χ0n) is 43.1. The van der Waals surface area contributed by atoms with E-state index in [0.717, 1.165) is 0 Å². The molecule has 0 heterocycles. The lowest BCUT2D eigenvalue weighted by Gasteiger charge is -2.39. The monoisotopic (exact) mass is 1070 g/mol. The summed E-state index contributed by atoms with van der Waals surface area (Å²) in [5.74, 6) is 0. The van der Waals surface area contributed by atoms with Gasteiger partial charge in [0.2, 0.25) is 0 Å². The van der Waals surface area contributed by atoms with E-state index >= 15 is 9.13 Å². The normalized spacial score (nSPS) is 16.3. The Morgan fingerprint density at radius 1 is 0.273 bits per heavy atom. The molecule has 0 saturated heterocycles. The van der Waals surface area contributed by atoms with Crippen LogP contribution in [0, 0.1) is 0 Å². The maximum Gasteiger partial charge on any atom is 0.334 e. The molecule has 0 radical (unpaired) electrons. The van der Waals surface area contributed by atoms with E-state index < -0.39 is 79.5 Å². The standard InChI is InChI=1S/C42H92O18P6/c1-15-39(63(45,53-20-6)54-21-7)41(65(47,57-24-10)58-25-11)35-36-42(66(48,59-26-12)60-27-13)40(64(46,55-22-8)56-23-9)34-29-28-32-38(62(44,51-18-4)52-19-5)33-30-31-37(14)61(43,49-16-2)50-17-3/h37-42H,15-36H2,1-14H3. The first-order valence-corrected chi connectivity index (χ1v) is 34.3. The molecule has 0 aromatic carbocycles. The van der Waals surface area contributed by atoms with E-state index in [9.17, 15) is 18.3 Å². The van der Waals surface area contributed by atoms with E-state index in [0.29, 0.717) is 38.5 Å². The van der Waals surface area contributed by atoms with Crippen LogP contribution in [0.2, 0.25) is 0 Å². The third-order valence-electron chi connectivity index (χ3n) is 10.8. The molecule has 0 aliphatic rings. The van der Waals surface area contributed by atoms with Crippen LogP contribution in [0.4, 0.5) is 0 Å². The summed E-state index contributed by atoms with van der Waals surface area (Å²) in [7, 11) is -23.4. The van der Waals surface area contributed by atoms with Crippen LogP contribution in [-0.4, -0.2) is 113 Å². The van der Waals surface area contributed by atoms with Gasteiger partial charge in [0.1, 0.15) is 0 Å². The van der Waals surface area contributed by atoms with E-state index in [2.05, 4.69) is 0 Å². The maximum absolute atomic E-state index is 15.3. The molecule has 0 amide bonds. The Bertz CT molecular complexity index is 1510. The van der Waals surface area contributed by atoms with E-state index in [1.165, 1.54) is 0 Å². The summed E-state index contributed by atoms with van der Waals surface area (Å²) in [6, 6.07) is 0. The first-order chi connectivity index (χ1) is 31.3. The summed E-state index contributed by atoms with van der Waals surface area (Å²) >= 11 is 0. The molecular formula is C42H92O18P6. The molecule has 0 spiro atoms. The summed E-state index contributed by atoms with van der Waals surface area (Å²) in [5.41, 5.74) is -5.23. The molecule has 6 atom stereocenters. The highest BCUT2D eigenvalue weighted by Gasteiger charge is 2.54. The summed E-state index contributed by atoms with van der Waals surface area (Å²) < 4.78 is 158. The van der Waals surface area contributed by atoms with Crippen molar-refractivity contribution in [1.29, 1.82) is 0 Å². The molecule has 0 aromatic rings. The van der Waals surface area contributed by atoms with Gasteiger partial charge in [0, 0.05) is 0 Å². The molecule has 398 valence electrons. The average molecular weight is 1070 g/mol. The van der Waals surface area contributed by atoms with Crippen molar-refractivity contribution in [2.75, 3.05) is 79.3 Å². The Morgan fingerprint density at radius 2 is 0.515 bits per heavy atom. The minimum Gasteiger partial charge on any atom is -0.309 e. The molecule has 18 nitrogen and oxygen atoms in total. The lowest BCUT2D eigenvalue weighted by Crippen LogP contribution is -2.34. The molecule has 66 heavy (non-hydrogen) atoms. The van der Waals surface area contributed by atoms with Gasteiger partial charge in [0.05, 0.1) is 113 Å². The van der Waals surface area contributed by atoms with Crippen LogP contribution in [-0.2, 0) is 81.7 Å². The molecule has 0 aliphatic carbocycles. The van der Waals surface area contributed by atoms with Gasteiger partial charge in [-0.2, -0.15) is 0 Å². The highest BCUT2D eigenvalue weighted by atomic mass is 31.2. The van der Waals surface area contributed by atoms with E-state index in [1.54, 1.807) is 90.0 Å². The molecule has 0 aromatic heterocycles. The minimum atomic E-state index is -4.20. The van der Waals surface area contributed by atoms with Crippen LogP contribution < -0.4 is 0 Å². The first-order valence-electron chi connectivity index (χ1n) is 24.6. The quantitative estimate of drug-likeness (QED) is 0.0409. The second-order valence-electron chi connectivity index (χ2n) is 15.2. The number of unbranched alkanes of at least 4 members (excludes halogenated alkanes) is 1. The van der Waals surface area contributed by atoms with Gasteiger partial charge < -0.3 is 54.3 Å². The lowest BCUT2D eigenvalue weighted by atomic mass is 10.0. The number of hydrogen-bond donors (Lipinski definition) is 0. The Balaban J connectivity index is 7.56. The van der Waals surface area contributed by atoms with Gasteiger partial charge >= 0.3 is 45.6 Å². The summed E-state index contributed by atoms with van der Waals surface area (Å²) in [4.78, 5) is 0. The van der Waals surface area contributed by atoms with Gasteiger partial charge in [-0.1, -0.05) is 33.1 Å². The van der Waals surface area contributed by atoms with Crippen LogP contribution in [0.5, 0.6) is 0 Å². The van der Waals surface area contributed by atoms with Gasteiger partial charge in [-0.3, -0.25) is 27.4 Å². The lowest BCUT2D eigenvalue weighted by molar-refractivity contribution is 0.184. The Kier molecular flexibility index (Phi) is 35.6. The van der Waals surface area contributed by atoms with Crippen molar-refractivity contribution >= 4 is 45.6 Å². The van der Waals surface area contributed by atoms with E-state index in [4.69, 9.17) is 54.3 Å². The third-order valence-corrected chi connectivity index (χ3v) is 27.3. The predicted octanol–water partition coefficient (Wildman–Crippen LogP) is 14.7. The van der Waals surface area contributed by atoms with Crippen LogP contribution >= 0.6 is 45.6 Å². The zero-order valence-corrected chi connectivity index (χ0v) is 48.4. The van der Waals surface area contributed by atoms with Crippen molar-refractivity contribution in [2.24, 2.45) is 0 Å². The Labute approximate surface area is 400 Å². The summed E-state index contributed by atoms with van der Waals surface area (Å²) in [6.07, 6.45) is 2.87. The van der Waals surface area contributed by atoms with Gasteiger partial charge in [0.15, 0.2) is 0 Å². The van der Waals surface area contributed by atoms with Crippen molar-refractivity contribution in [3.63, 3.8) is 0 Å². The van der Waals surface area contributed by atoms with Crippen molar-refractivity contribution in [1.82, 2.24) is 0 Å². The van der Waals surface area contributed by atoms with E-state index in [1.807, 2.05) is 6.92 Å². The molecule has 0 fully saturated rings. The Hall–Kier alpha value is 0.900. The largest absolute Gasteiger partial charge is 0.334 e. The number of hydrogen-bond acceptors (Lipinski definition) is 18. The van der Waals surface area contributed by atoms with Gasteiger partial charge in [0.25, 0.3) is 0 Å². The second kappa shape index (κ2) is 35.1. The van der Waals surface area contributed by atoms with Crippen LogP contribution in [0.15, 0.2) is 0 Å². The third kappa shape index (κ3) is 20.8. The van der Waals surface area contributed by atoms with Crippen molar-refractivity contribution in [3.05, 3.63) is 0 Å². The summed E-state index contributed by atoms with van der Waals surface area (Å²) in [5, 5.41) is 0. The molecule has 6 unspecified atom stereocenters. The fourth-order valence-corrected chi connectivity index (χ4v) is 23.3. The van der Waals surface area contributed by atoms with Crippen LogP contribution in [0.1, 0.15) is 161 Å². The molecule has 0 saturated carbocycles. The highest BCUT2D eigenvalue weighted by Crippen LogP contribution is 2.70. The van der Waals surface area contributed by atoms with Gasteiger partial charge in [-0.15, -0.1) is 0 Å². The SMILES string of the molecule is CCOP(=O)(OCC)C(C)CCCC(CCCCC(C(CCC(C(CC)P(=O)(OCC)OCC)P(=O)(OCC)OCC)P(=O)(OCC)OCC)P(=O)(OCC)OCC)P(=O)(OCC)OCC. The minimum absolute atomic E-state index is 0.00954. The van der Waals surface area contributed by atoms with Gasteiger partial charge in [-0.05, 0) is 128 Å². The first kappa shape index (κ1) is 66.9. The Morgan fingerprint density at radius 3 is 0.833 bits per heavy atom. The smallest absolute Gasteiger partial charge is 0.309 e. The average Bonchev–Trinajstić information content (AvgIpc) is 3.24. The van der Waals surface area contributed by atoms with Crippen LogP contribution in [0.3, 0.4) is 0 Å². The van der Waals surface area contributed by atoms with Gasteiger partial charge in [-0.25, -0.2) is 0 Å².